The normalized spacial score (nSPS) is 11.3. The zero-order valence-electron chi connectivity index (χ0n) is 16.5. The average molecular weight is 417 g/mol. The lowest BCUT2D eigenvalue weighted by Gasteiger charge is -2.11. The van der Waals surface area contributed by atoms with E-state index in [4.69, 9.17) is 9.47 Å². The van der Waals surface area contributed by atoms with Gasteiger partial charge in [-0.2, -0.15) is 0 Å². The van der Waals surface area contributed by atoms with Gasteiger partial charge in [0.25, 0.3) is 5.91 Å². The molecule has 0 heterocycles. The maximum absolute atomic E-state index is 12.3. The Hall–Kier alpha value is -3.13. The number of carbonyl (C=O) groups is 2. The zero-order valence-corrected chi connectivity index (χ0v) is 17.3. The van der Waals surface area contributed by atoms with Crippen molar-refractivity contribution in [2.24, 2.45) is 0 Å². The molecule has 0 aliphatic carbocycles. The largest absolute Gasteiger partial charge is 0.493 e. The summed E-state index contributed by atoms with van der Waals surface area (Å²) in [6, 6.07) is 10.8. The summed E-state index contributed by atoms with van der Waals surface area (Å²) in [5.41, 5.74) is 1.08. The molecule has 0 fully saturated rings. The lowest BCUT2D eigenvalue weighted by atomic mass is 10.1. The number of rotatable bonds is 9. The van der Waals surface area contributed by atoms with Crippen LogP contribution in [-0.2, 0) is 14.6 Å². The topological polar surface area (TPSA) is 98.8 Å². The van der Waals surface area contributed by atoms with Crippen LogP contribution in [0.5, 0.6) is 11.5 Å². The minimum absolute atomic E-state index is 0.124. The monoisotopic (exact) mass is 417 g/mol. The van der Waals surface area contributed by atoms with Crippen molar-refractivity contribution < 1.29 is 27.5 Å². The molecule has 0 spiro atoms. The number of carbonyl (C=O) groups excluding carboxylic acids is 2. The summed E-state index contributed by atoms with van der Waals surface area (Å²) in [6.45, 7) is 2.22. The summed E-state index contributed by atoms with van der Waals surface area (Å²) in [6.07, 6.45) is 4.11. The molecule has 29 heavy (non-hydrogen) atoms. The first-order chi connectivity index (χ1) is 13.7. The fourth-order valence-corrected chi connectivity index (χ4v) is 3.06. The van der Waals surface area contributed by atoms with E-state index in [1.54, 1.807) is 24.3 Å². The van der Waals surface area contributed by atoms with Crippen LogP contribution in [0.1, 0.15) is 22.8 Å². The first-order valence-corrected chi connectivity index (χ1v) is 10.7. The van der Waals surface area contributed by atoms with Gasteiger partial charge in [-0.3, -0.25) is 9.59 Å². The van der Waals surface area contributed by atoms with Gasteiger partial charge in [0.1, 0.15) is 0 Å². The fourth-order valence-electron chi connectivity index (χ4n) is 2.43. The highest BCUT2D eigenvalue weighted by molar-refractivity contribution is 7.90. The van der Waals surface area contributed by atoms with Crippen molar-refractivity contribution in [2.45, 2.75) is 11.8 Å². The number of benzene rings is 2. The molecular formula is C21H23NO6S. The number of allylic oxidation sites excluding steroid dienone is 1. The molecule has 0 saturated heterocycles. The molecule has 0 atom stereocenters. The lowest BCUT2D eigenvalue weighted by molar-refractivity contribution is -0.123. The molecular weight excluding hydrogens is 394 g/mol. The van der Waals surface area contributed by atoms with Gasteiger partial charge in [-0.15, -0.1) is 0 Å². The van der Waals surface area contributed by atoms with Crippen LogP contribution in [0, 0.1) is 0 Å². The van der Waals surface area contributed by atoms with Crippen molar-refractivity contribution in [2.75, 3.05) is 26.5 Å². The standard InChI is InChI=1S/C21H23NO6S/c1-4-22-21(24)14-28-19-12-6-15(13-20(19)27-2)5-11-18(23)16-7-9-17(10-8-16)29(3,25)26/h5-13H,4,14H2,1-3H3,(H,22,24)/b11-5+. The van der Waals surface area contributed by atoms with Gasteiger partial charge in [-0.25, -0.2) is 8.42 Å². The van der Waals surface area contributed by atoms with Crippen molar-refractivity contribution >= 4 is 27.6 Å². The molecule has 0 saturated carbocycles. The second kappa shape index (κ2) is 9.88. The average Bonchev–Trinajstić information content (AvgIpc) is 2.70. The van der Waals surface area contributed by atoms with Crippen LogP contribution in [0.2, 0.25) is 0 Å². The van der Waals surface area contributed by atoms with Gasteiger partial charge < -0.3 is 14.8 Å². The first kappa shape index (κ1) is 22.2. The van der Waals surface area contributed by atoms with Crippen LogP contribution in [0.25, 0.3) is 6.08 Å². The van der Waals surface area contributed by atoms with Crippen molar-refractivity contribution in [3.8, 4) is 11.5 Å². The molecule has 0 unspecified atom stereocenters. The van der Waals surface area contributed by atoms with Gasteiger partial charge in [0.2, 0.25) is 0 Å². The molecule has 1 amide bonds. The molecule has 2 rings (SSSR count). The van der Waals surface area contributed by atoms with Crippen LogP contribution in [0.3, 0.4) is 0 Å². The Balaban J connectivity index is 2.09. The molecule has 7 nitrogen and oxygen atoms in total. The first-order valence-electron chi connectivity index (χ1n) is 8.84. The van der Waals surface area contributed by atoms with Crippen LogP contribution in [0.4, 0.5) is 0 Å². The van der Waals surface area contributed by atoms with Gasteiger partial charge >= 0.3 is 0 Å². The summed E-state index contributed by atoms with van der Waals surface area (Å²) < 4.78 is 33.7. The van der Waals surface area contributed by atoms with E-state index in [1.165, 1.54) is 37.5 Å². The summed E-state index contributed by atoms with van der Waals surface area (Å²) in [5.74, 6) is 0.353. The molecule has 8 heteroatoms. The number of amides is 1. The maximum Gasteiger partial charge on any atom is 0.257 e. The number of nitrogens with one attached hydrogen (secondary N) is 1. The van der Waals surface area contributed by atoms with E-state index in [-0.39, 0.29) is 23.2 Å². The van der Waals surface area contributed by atoms with Crippen molar-refractivity contribution in [1.29, 1.82) is 0 Å². The molecule has 0 radical (unpaired) electrons. The second-order valence-corrected chi connectivity index (χ2v) is 8.16. The molecule has 2 aromatic rings. The number of ketones is 1. The van der Waals surface area contributed by atoms with Gasteiger partial charge in [-0.1, -0.05) is 12.1 Å². The third kappa shape index (κ3) is 6.46. The lowest BCUT2D eigenvalue weighted by Crippen LogP contribution is -2.28. The number of hydrogen-bond donors (Lipinski definition) is 1. The number of hydrogen-bond acceptors (Lipinski definition) is 6. The Morgan fingerprint density at radius 2 is 1.76 bits per heavy atom. The summed E-state index contributed by atoms with van der Waals surface area (Å²) in [4.78, 5) is 24.0. The van der Waals surface area contributed by atoms with Gasteiger partial charge in [0.05, 0.1) is 12.0 Å². The second-order valence-electron chi connectivity index (χ2n) is 6.15. The molecule has 0 bridgehead atoms. The molecule has 154 valence electrons. The zero-order chi connectivity index (χ0) is 21.4. The Morgan fingerprint density at radius 3 is 2.34 bits per heavy atom. The van der Waals surface area contributed by atoms with E-state index >= 15 is 0 Å². The van der Waals surface area contributed by atoms with E-state index in [0.29, 0.717) is 29.2 Å². The quantitative estimate of drug-likeness (QED) is 0.497. The van der Waals surface area contributed by atoms with E-state index in [9.17, 15) is 18.0 Å². The minimum atomic E-state index is -3.31. The molecule has 0 aliphatic heterocycles. The Labute approximate surface area is 170 Å². The summed E-state index contributed by atoms with van der Waals surface area (Å²) in [5, 5.41) is 2.64. The van der Waals surface area contributed by atoms with E-state index < -0.39 is 9.84 Å². The van der Waals surface area contributed by atoms with Crippen LogP contribution < -0.4 is 14.8 Å². The SMILES string of the molecule is CCNC(=O)COc1ccc(/C=C/C(=O)c2ccc(S(C)(=O)=O)cc2)cc1OC. The smallest absolute Gasteiger partial charge is 0.257 e. The van der Waals surface area contributed by atoms with Crippen LogP contribution >= 0.6 is 0 Å². The highest BCUT2D eigenvalue weighted by Gasteiger charge is 2.10. The molecule has 2 aromatic carbocycles. The summed E-state index contributed by atoms with van der Waals surface area (Å²) >= 11 is 0. The third-order valence-electron chi connectivity index (χ3n) is 3.91. The number of methoxy groups -OCH3 is 1. The Morgan fingerprint density at radius 1 is 1.07 bits per heavy atom. The van der Waals surface area contributed by atoms with Gasteiger partial charge in [0, 0.05) is 18.4 Å². The van der Waals surface area contributed by atoms with Crippen molar-refractivity contribution in [1.82, 2.24) is 5.32 Å². The van der Waals surface area contributed by atoms with E-state index in [1.807, 2.05) is 6.92 Å². The van der Waals surface area contributed by atoms with Gasteiger partial charge in [0.15, 0.2) is 33.7 Å². The summed E-state index contributed by atoms with van der Waals surface area (Å²) in [7, 11) is -1.82. The predicted molar refractivity (Wildman–Crippen MR) is 110 cm³/mol. The Kier molecular flexibility index (Phi) is 7.55. The predicted octanol–water partition coefficient (Wildman–Crippen LogP) is 2.51. The highest BCUT2D eigenvalue weighted by Crippen LogP contribution is 2.28. The molecule has 0 aromatic heterocycles. The van der Waals surface area contributed by atoms with E-state index in [2.05, 4.69) is 5.32 Å². The van der Waals surface area contributed by atoms with Gasteiger partial charge in [-0.05, 0) is 55.0 Å². The van der Waals surface area contributed by atoms with Crippen LogP contribution in [-0.4, -0.2) is 46.6 Å². The minimum Gasteiger partial charge on any atom is -0.493 e. The number of sulfone groups is 1. The Bertz CT molecular complexity index is 1010. The fraction of sp³-hybridized carbons (Fsp3) is 0.238. The third-order valence-corrected chi connectivity index (χ3v) is 5.04. The molecule has 1 N–H and O–H groups in total. The van der Waals surface area contributed by atoms with Crippen molar-refractivity contribution in [3.05, 3.63) is 59.7 Å². The van der Waals surface area contributed by atoms with E-state index in [0.717, 1.165) is 6.26 Å². The number of likely N-dealkylation sites (N-methyl/N-ethyl adjacent to an activating group) is 1. The number of ether oxygens (including phenoxy) is 2. The maximum atomic E-state index is 12.3. The highest BCUT2D eigenvalue weighted by atomic mass is 32.2. The van der Waals surface area contributed by atoms with Crippen molar-refractivity contribution in [3.63, 3.8) is 0 Å². The van der Waals surface area contributed by atoms with Crippen LogP contribution in [0.15, 0.2) is 53.4 Å². The molecule has 0 aliphatic rings.